The Bertz CT molecular complexity index is 775. The third-order valence-electron chi connectivity index (χ3n) is 4.67. The Morgan fingerprint density at radius 3 is 2.64 bits per heavy atom. The molecule has 3 heterocycles. The summed E-state index contributed by atoms with van der Waals surface area (Å²) < 4.78 is 3.05. The van der Waals surface area contributed by atoms with Crippen molar-refractivity contribution in [3.05, 3.63) is 34.9 Å². The highest BCUT2D eigenvalue weighted by Crippen LogP contribution is 2.03. The molecule has 0 radical (unpaired) electrons. The standard InChI is InChI=1S/C17H26N6O2/c1-3-14(2)18-16(24)12-20-8-10-21(11-9-20)13-23-17(25)22-7-5-4-6-15(22)19-23/h4-7,14H,3,8-13H2,1-2H3,(H,18,24)/t14-/m1/s1. The van der Waals surface area contributed by atoms with E-state index in [1.54, 1.807) is 10.6 Å². The van der Waals surface area contributed by atoms with Crippen LogP contribution in [0.3, 0.4) is 0 Å². The molecule has 8 nitrogen and oxygen atoms in total. The summed E-state index contributed by atoms with van der Waals surface area (Å²) in [5.74, 6) is 0.0828. The van der Waals surface area contributed by atoms with Crippen molar-refractivity contribution in [2.75, 3.05) is 32.7 Å². The minimum atomic E-state index is -0.119. The second-order valence-electron chi connectivity index (χ2n) is 6.62. The van der Waals surface area contributed by atoms with Gasteiger partial charge in [-0.25, -0.2) is 4.79 Å². The number of piperazine rings is 1. The van der Waals surface area contributed by atoms with Gasteiger partial charge in [0.25, 0.3) is 0 Å². The Kier molecular flexibility index (Phi) is 5.50. The van der Waals surface area contributed by atoms with Crippen molar-refractivity contribution >= 4 is 11.6 Å². The van der Waals surface area contributed by atoms with Crippen LogP contribution in [0.4, 0.5) is 0 Å². The smallest absolute Gasteiger partial charge is 0.351 e. The van der Waals surface area contributed by atoms with Gasteiger partial charge in [-0.2, -0.15) is 4.68 Å². The molecule has 1 aliphatic rings. The van der Waals surface area contributed by atoms with E-state index in [2.05, 4.69) is 27.1 Å². The summed E-state index contributed by atoms with van der Waals surface area (Å²) in [6.07, 6.45) is 2.67. The van der Waals surface area contributed by atoms with Crippen LogP contribution in [-0.4, -0.2) is 68.7 Å². The maximum atomic E-state index is 12.3. The zero-order chi connectivity index (χ0) is 17.8. The molecule has 136 valence electrons. The van der Waals surface area contributed by atoms with E-state index in [0.29, 0.717) is 18.9 Å². The van der Waals surface area contributed by atoms with Crippen LogP contribution in [-0.2, 0) is 11.5 Å². The van der Waals surface area contributed by atoms with Gasteiger partial charge in [-0.15, -0.1) is 5.10 Å². The number of carbonyl (C=O) groups is 1. The van der Waals surface area contributed by atoms with Gasteiger partial charge in [-0.1, -0.05) is 13.0 Å². The van der Waals surface area contributed by atoms with Crippen molar-refractivity contribution in [3.63, 3.8) is 0 Å². The summed E-state index contributed by atoms with van der Waals surface area (Å²) in [6.45, 7) is 8.26. The molecule has 1 aliphatic heterocycles. The Balaban J connectivity index is 1.51. The highest BCUT2D eigenvalue weighted by molar-refractivity contribution is 5.78. The molecule has 2 aromatic rings. The topological polar surface area (TPSA) is 74.9 Å². The first kappa shape index (κ1) is 17.6. The molecule has 2 aromatic heterocycles. The zero-order valence-corrected chi connectivity index (χ0v) is 14.9. The lowest BCUT2D eigenvalue weighted by Gasteiger charge is -2.34. The van der Waals surface area contributed by atoms with E-state index >= 15 is 0 Å². The largest absolute Gasteiger partial charge is 0.353 e. The zero-order valence-electron chi connectivity index (χ0n) is 14.9. The Morgan fingerprint density at radius 1 is 1.24 bits per heavy atom. The fourth-order valence-corrected chi connectivity index (χ4v) is 2.96. The molecule has 1 amide bonds. The number of nitrogens with one attached hydrogen (secondary N) is 1. The number of rotatable bonds is 6. The summed E-state index contributed by atoms with van der Waals surface area (Å²) in [7, 11) is 0. The Hall–Kier alpha value is -2.19. The van der Waals surface area contributed by atoms with Crippen LogP contribution in [0.2, 0.25) is 0 Å². The molecule has 0 unspecified atom stereocenters. The SMILES string of the molecule is CC[C@@H](C)NC(=O)CN1CCN(Cn2nc3ccccn3c2=O)CC1. The van der Waals surface area contributed by atoms with Gasteiger partial charge < -0.3 is 5.32 Å². The van der Waals surface area contributed by atoms with Crippen molar-refractivity contribution in [1.29, 1.82) is 0 Å². The normalized spacial score (nSPS) is 17.7. The van der Waals surface area contributed by atoms with Gasteiger partial charge in [-0.3, -0.25) is 19.0 Å². The second kappa shape index (κ2) is 7.79. The van der Waals surface area contributed by atoms with Gasteiger partial charge in [0.2, 0.25) is 5.91 Å². The number of hydrogen-bond acceptors (Lipinski definition) is 5. The molecular weight excluding hydrogens is 320 g/mol. The third-order valence-corrected chi connectivity index (χ3v) is 4.67. The van der Waals surface area contributed by atoms with Crippen LogP contribution in [0.15, 0.2) is 29.2 Å². The van der Waals surface area contributed by atoms with Crippen molar-refractivity contribution < 1.29 is 4.79 Å². The van der Waals surface area contributed by atoms with Crippen LogP contribution in [0.5, 0.6) is 0 Å². The van der Waals surface area contributed by atoms with Crippen molar-refractivity contribution in [1.82, 2.24) is 29.3 Å². The molecule has 0 bridgehead atoms. The van der Waals surface area contributed by atoms with E-state index in [1.165, 1.54) is 4.68 Å². The number of hydrogen-bond donors (Lipinski definition) is 1. The fraction of sp³-hybridized carbons (Fsp3) is 0.588. The van der Waals surface area contributed by atoms with Crippen molar-refractivity contribution in [2.45, 2.75) is 33.0 Å². The molecule has 1 fully saturated rings. The van der Waals surface area contributed by atoms with E-state index < -0.39 is 0 Å². The molecule has 0 saturated carbocycles. The van der Waals surface area contributed by atoms with E-state index in [0.717, 1.165) is 32.6 Å². The first-order chi connectivity index (χ1) is 12.1. The predicted octanol–water partition coefficient (Wildman–Crippen LogP) is -0.0142. The molecule has 1 saturated heterocycles. The summed E-state index contributed by atoms with van der Waals surface area (Å²) in [4.78, 5) is 28.6. The third kappa shape index (κ3) is 4.26. The Morgan fingerprint density at radius 2 is 1.96 bits per heavy atom. The number of carbonyl (C=O) groups excluding carboxylic acids is 1. The number of fused-ring (bicyclic) bond motifs is 1. The summed E-state index contributed by atoms with van der Waals surface area (Å²) in [5, 5.41) is 7.36. The molecule has 1 N–H and O–H groups in total. The predicted molar refractivity (Wildman–Crippen MR) is 95.4 cm³/mol. The van der Waals surface area contributed by atoms with Gasteiger partial charge in [0.1, 0.15) is 0 Å². The van der Waals surface area contributed by atoms with Crippen LogP contribution in [0.25, 0.3) is 5.65 Å². The minimum absolute atomic E-state index is 0.0828. The molecule has 0 aromatic carbocycles. The maximum absolute atomic E-state index is 12.3. The van der Waals surface area contributed by atoms with E-state index in [1.807, 2.05) is 25.1 Å². The van der Waals surface area contributed by atoms with E-state index in [9.17, 15) is 9.59 Å². The lowest BCUT2D eigenvalue weighted by Crippen LogP contribution is -2.51. The highest BCUT2D eigenvalue weighted by atomic mass is 16.2. The average molecular weight is 346 g/mol. The highest BCUT2D eigenvalue weighted by Gasteiger charge is 2.20. The molecule has 8 heteroatoms. The lowest BCUT2D eigenvalue weighted by atomic mass is 10.2. The monoisotopic (exact) mass is 346 g/mol. The summed E-state index contributed by atoms with van der Waals surface area (Å²) in [6, 6.07) is 5.74. The molecule has 0 aliphatic carbocycles. The van der Waals surface area contributed by atoms with Gasteiger partial charge in [-0.05, 0) is 25.5 Å². The fourth-order valence-electron chi connectivity index (χ4n) is 2.96. The molecular formula is C17H26N6O2. The quantitative estimate of drug-likeness (QED) is 0.796. The number of nitrogens with zero attached hydrogens (tertiary/aromatic N) is 5. The van der Waals surface area contributed by atoms with Gasteiger partial charge in [0, 0.05) is 38.4 Å². The molecule has 3 rings (SSSR count). The Labute approximate surface area is 147 Å². The maximum Gasteiger partial charge on any atom is 0.351 e. The number of amides is 1. The van der Waals surface area contributed by atoms with Crippen LogP contribution < -0.4 is 11.0 Å². The first-order valence-corrected chi connectivity index (χ1v) is 8.85. The molecule has 25 heavy (non-hydrogen) atoms. The molecule has 0 spiro atoms. The van der Waals surface area contributed by atoms with Crippen LogP contribution in [0, 0.1) is 0 Å². The summed E-state index contributed by atoms with van der Waals surface area (Å²) >= 11 is 0. The van der Waals surface area contributed by atoms with Crippen LogP contribution in [0.1, 0.15) is 20.3 Å². The lowest BCUT2D eigenvalue weighted by molar-refractivity contribution is -0.123. The average Bonchev–Trinajstić information content (AvgIpc) is 2.92. The van der Waals surface area contributed by atoms with E-state index in [-0.39, 0.29) is 17.6 Å². The van der Waals surface area contributed by atoms with Gasteiger partial charge in [0.05, 0.1) is 13.2 Å². The van der Waals surface area contributed by atoms with Gasteiger partial charge in [0.15, 0.2) is 5.65 Å². The number of pyridine rings is 1. The minimum Gasteiger partial charge on any atom is -0.353 e. The van der Waals surface area contributed by atoms with Crippen molar-refractivity contribution in [2.24, 2.45) is 0 Å². The van der Waals surface area contributed by atoms with Gasteiger partial charge >= 0.3 is 5.69 Å². The summed E-state index contributed by atoms with van der Waals surface area (Å²) in [5.41, 5.74) is 0.541. The van der Waals surface area contributed by atoms with E-state index in [4.69, 9.17) is 0 Å². The number of aromatic nitrogens is 3. The first-order valence-electron chi connectivity index (χ1n) is 8.85. The van der Waals surface area contributed by atoms with Crippen LogP contribution >= 0.6 is 0 Å². The second-order valence-corrected chi connectivity index (χ2v) is 6.62. The van der Waals surface area contributed by atoms with Crippen molar-refractivity contribution in [3.8, 4) is 0 Å². The molecule has 1 atom stereocenters.